The number of methoxy groups -OCH3 is 1. The van der Waals surface area contributed by atoms with Crippen LogP contribution in [0.2, 0.25) is 0 Å². The predicted octanol–water partition coefficient (Wildman–Crippen LogP) is -0.520. The van der Waals surface area contributed by atoms with Crippen molar-refractivity contribution in [3.8, 4) is 0 Å². The Morgan fingerprint density at radius 3 is 2.11 bits per heavy atom. The molecule has 1 aliphatic carbocycles. The Morgan fingerprint density at radius 1 is 1.00 bits per heavy atom. The summed E-state index contributed by atoms with van der Waals surface area (Å²) in [6.45, 7) is 14.8. The number of carbonyl (C=O) groups is 2. The van der Waals surface area contributed by atoms with Crippen molar-refractivity contribution in [2.24, 2.45) is 0 Å². The zero-order valence-electron chi connectivity index (χ0n) is 19.2. The monoisotopic (exact) mass is 371 g/mol. The summed E-state index contributed by atoms with van der Waals surface area (Å²) in [5, 5.41) is 0. The molecule has 3 nitrogen and oxygen atoms in total. The van der Waals surface area contributed by atoms with Gasteiger partial charge in [0.15, 0.2) is 11.6 Å². The second-order valence-electron chi connectivity index (χ2n) is 7.53. The maximum absolute atomic E-state index is 12.6. The molecule has 0 spiro atoms. The van der Waals surface area contributed by atoms with Gasteiger partial charge in [0, 0.05) is 29.4 Å². The van der Waals surface area contributed by atoms with Gasteiger partial charge in [-0.15, -0.1) is 0 Å². The molecule has 0 bridgehead atoms. The van der Waals surface area contributed by atoms with Gasteiger partial charge >= 0.3 is 37.7 Å². The van der Waals surface area contributed by atoms with E-state index in [1.807, 2.05) is 0 Å². The van der Waals surface area contributed by atoms with E-state index >= 15 is 0 Å². The van der Waals surface area contributed by atoms with E-state index in [4.69, 9.17) is 11.3 Å². The van der Waals surface area contributed by atoms with Crippen LogP contribution in [0.3, 0.4) is 0 Å². The zero-order chi connectivity index (χ0) is 19.9. The summed E-state index contributed by atoms with van der Waals surface area (Å²) in [6.07, 6.45) is 8.86. The first-order valence-corrected chi connectivity index (χ1v) is 9.37. The summed E-state index contributed by atoms with van der Waals surface area (Å²) in [4.78, 5) is 24.9. The van der Waals surface area contributed by atoms with Crippen molar-refractivity contribution >= 4 is 11.6 Å². The minimum atomic E-state index is -0.322. The Kier molecular flexibility index (Phi) is 14.4. The molecule has 0 heterocycles. The topological polar surface area (TPSA) is 43.4 Å². The quantitative estimate of drug-likeness (QED) is 0.225. The molecule has 144 valence electrons. The second-order valence-corrected chi connectivity index (χ2v) is 7.53. The number of Topliss-reactive ketones (excluding diaryl/α,β-unsaturated/α-hetero) is 2. The first-order chi connectivity index (χ1) is 12.2. The van der Waals surface area contributed by atoms with E-state index in [0.29, 0.717) is 35.1 Å². The number of rotatable bonds is 10. The van der Waals surface area contributed by atoms with Gasteiger partial charge in [-0.25, -0.2) is 0 Å². The molecular formula is C23H33Li2O3+. The van der Waals surface area contributed by atoms with Gasteiger partial charge in [0.1, 0.15) is 0 Å². The molecular weight excluding hydrogens is 338 g/mol. The van der Waals surface area contributed by atoms with Crippen LogP contribution in [0, 0.1) is 6.58 Å². The second kappa shape index (κ2) is 13.6. The van der Waals surface area contributed by atoms with Crippen LogP contribution in [0.25, 0.3) is 0 Å². The van der Waals surface area contributed by atoms with Gasteiger partial charge in [-0.2, -0.15) is 0 Å². The molecule has 5 heteroatoms. The van der Waals surface area contributed by atoms with E-state index in [-0.39, 0.29) is 54.9 Å². The van der Waals surface area contributed by atoms with Crippen LogP contribution in [-0.4, -0.2) is 24.3 Å². The minimum absolute atomic E-state index is 0. The van der Waals surface area contributed by atoms with Gasteiger partial charge in [0.05, 0.1) is 5.60 Å². The zero-order valence-corrected chi connectivity index (χ0v) is 19.2. The SMILES string of the molecule is [CH-]=CCC/C(C)=C/CC[C@@](C)(CCC1=C(C)C(=O)C(C)=C(C)C1=O)OC.[Li+].[Li+]. The van der Waals surface area contributed by atoms with E-state index in [0.717, 1.165) is 25.7 Å². The largest absolute Gasteiger partial charge is 1.00 e. The minimum Gasteiger partial charge on any atom is -0.518 e. The molecule has 1 atom stereocenters. The molecule has 0 aromatic rings. The fraction of sp³-hybridized carbons (Fsp3) is 0.565. The third-order valence-electron chi connectivity index (χ3n) is 5.58. The van der Waals surface area contributed by atoms with Crippen molar-refractivity contribution in [2.75, 3.05) is 7.11 Å². The molecule has 0 saturated heterocycles. The molecule has 0 aromatic heterocycles. The molecule has 0 fully saturated rings. The molecule has 0 radical (unpaired) electrons. The Morgan fingerprint density at radius 2 is 1.57 bits per heavy atom. The van der Waals surface area contributed by atoms with Crippen LogP contribution in [0.15, 0.2) is 40.0 Å². The van der Waals surface area contributed by atoms with Crippen LogP contribution in [0.4, 0.5) is 0 Å². The van der Waals surface area contributed by atoms with Gasteiger partial charge in [-0.3, -0.25) is 15.7 Å². The summed E-state index contributed by atoms with van der Waals surface area (Å²) >= 11 is 0. The van der Waals surface area contributed by atoms with Gasteiger partial charge < -0.3 is 11.3 Å². The van der Waals surface area contributed by atoms with Crippen LogP contribution in [-0.2, 0) is 14.3 Å². The standard InChI is InChI=1S/C23H33O3.2Li/c1-8-9-11-16(2)12-10-14-23(6,26-7)15-13-20-19(5)21(24)17(3)18(4)22(20)25;;/h1,8,12H,9-11,13-15H2,2-7H3;;/q-1;2*+1/b16-12+;;/t23-;;/m0../s1. The normalized spacial score (nSPS) is 17.1. The van der Waals surface area contributed by atoms with E-state index in [1.165, 1.54) is 5.57 Å². The average Bonchev–Trinajstić information content (AvgIpc) is 2.63. The van der Waals surface area contributed by atoms with E-state index in [2.05, 4.69) is 19.9 Å². The van der Waals surface area contributed by atoms with Crippen LogP contribution in [0.1, 0.15) is 73.1 Å². The van der Waals surface area contributed by atoms with Crippen LogP contribution >= 0.6 is 0 Å². The maximum Gasteiger partial charge on any atom is 1.00 e. The van der Waals surface area contributed by atoms with Crippen molar-refractivity contribution in [3.05, 3.63) is 46.6 Å². The molecule has 0 N–H and O–H groups in total. The number of carbonyl (C=O) groups excluding carboxylic acids is 2. The Balaban J connectivity index is 0. The van der Waals surface area contributed by atoms with Crippen molar-refractivity contribution < 1.29 is 52.0 Å². The third-order valence-corrected chi connectivity index (χ3v) is 5.58. The third kappa shape index (κ3) is 8.06. The Hall–Kier alpha value is -0.545. The van der Waals surface area contributed by atoms with Crippen LogP contribution in [0.5, 0.6) is 0 Å². The number of ketones is 2. The van der Waals surface area contributed by atoms with E-state index < -0.39 is 0 Å². The van der Waals surface area contributed by atoms with E-state index in [1.54, 1.807) is 34.0 Å². The maximum atomic E-state index is 12.6. The molecule has 0 amide bonds. The van der Waals surface area contributed by atoms with Crippen LogP contribution < -0.4 is 37.7 Å². The van der Waals surface area contributed by atoms with E-state index in [9.17, 15) is 9.59 Å². The average molecular weight is 371 g/mol. The van der Waals surface area contributed by atoms with Crippen molar-refractivity contribution in [1.29, 1.82) is 0 Å². The number of hydrogen-bond acceptors (Lipinski definition) is 3. The fourth-order valence-electron chi connectivity index (χ4n) is 3.21. The summed E-state index contributed by atoms with van der Waals surface area (Å²) in [5.74, 6) is -0.00156. The molecule has 1 aliphatic rings. The fourth-order valence-corrected chi connectivity index (χ4v) is 3.21. The number of ether oxygens (including phenoxy) is 1. The first kappa shape index (κ1) is 29.7. The van der Waals surface area contributed by atoms with Crippen molar-refractivity contribution in [1.82, 2.24) is 0 Å². The summed E-state index contributed by atoms with van der Waals surface area (Å²) in [5.41, 5.74) is 3.38. The molecule has 1 rings (SSSR count). The van der Waals surface area contributed by atoms with Gasteiger partial charge in [-0.05, 0) is 66.7 Å². The van der Waals surface area contributed by atoms with Gasteiger partial charge in [-0.1, -0.05) is 18.1 Å². The Labute approximate surface area is 195 Å². The van der Waals surface area contributed by atoms with Gasteiger partial charge in [0.2, 0.25) is 0 Å². The number of hydrogen-bond donors (Lipinski definition) is 0. The molecule has 0 unspecified atom stereocenters. The summed E-state index contributed by atoms with van der Waals surface area (Å²) in [6, 6.07) is 0. The molecule has 0 aliphatic heterocycles. The smallest absolute Gasteiger partial charge is 0.518 e. The summed E-state index contributed by atoms with van der Waals surface area (Å²) in [7, 11) is 1.71. The number of allylic oxidation sites excluding steroid dienone is 7. The predicted molar refractivity (Wildman–Crippen MR) is 107 cm³/mol. The molecule has 28 heavy (non-hydrogen) atoms. The van der Waals surface area contributed by atoms with Gasteiger partial charge in [0.25, 0.3) is 0 Å². The first-order valence-electron chi connectivity index (χ1n) is 9.37. The van der Waals surface area contributed by atoms with Crippen molar-refractivity contribution in [2.45, 2.75) is 78.7 Å². The van der Waals surface area contributed by atoms with Crippen molar-refractivity contribution in [3.63, 3.8) is 0 Å². The molecule has 0 saturated carbocycles. The Bertz CT molecular complexity index is 671. The molecule has 0 aromatic carbocycles. The summed E-state index contributed by atoms with van der Waals surface area (Å²) < 4.78 is 5.75.